The Morgan fingerprint density at radius 3 is 0.967 bits per heavy atom. The van der Waals surface area contributed by atoms with Crippen LogP contribution in [0.4, 0.5) is 0 Å². The van der Waals surface area contributed by atoms with Crippen LogP contribution in [0.2, 0.25) is 0 Å². The van der Waals surface area contributed by atoms with Crippen LogP contribution in [0.25, 0.3) is 0 Å². The zero-order valence-corrected chi connectivity index (χ0v) is 39.7. The van der Waals surface area contributed by atoms with Gasteiger partial charge in [0.15, 0.2) is 6.10 Å². The second-order valence-electron chi connectivity index (χ2n) is 17.1. The zero-order valence-electron chi connectivity index (χ0n) is 39.7. The highest BCUT2D eigenvalue weighted by molar-refractivity contribution is 5.71. The third-order valence-electron chi connectivity index (χ3n) is 11.0. The number of hydrogen-bond donors (Lipinski definition) is 0. The van der Waals surface area contributed by atoms with E-state index in [9.17, 15) is 14.4 Å². The van der Waals surface area contributed by atoms with Gasteiger partial charge in [-0.3, -0.25) is 14.4 Å². The summed E-state index contributed by atoms with van der Waals surface area (Å²) in [5, 5.41) is 0. The van der Waals surface area contributed by atoms with Crippen molar-refractivity contribution in [3.8, 4) is 0 Å². The number of allylic oxidation sites excluding steroid dienone is 8. The Morgan fingerprint density at radius 2 is 0.600 bits per heavy atom. The summed E-state index contributed by atoms with van der Waals surface area (Å²) in [6.45, 7) is 6.56. The predicted octanol–water partition coefficient (Wildman–Crippen LogP) is 16.7. The number of carbonyl (C=O) groups is 3. The largest absolute Gasteiger partial charge is 0.462 e. The van der Waals surface area contributed by atoms with Crippen LogP contribution in [-0.4, -0.2) is 37.2 Å². The number of ether oxygens (including phenoxy) is 3. The van der Waals surface area contributed by atoms with E-state index < -0.39 is 6.10 Å². The van der Waals surface area contributed by atoms with Crippen LogP contribution in [0.3, 0.4) is 0 Å². The van der Waals surface area contributed by atoms with Gasteiger partial charge in [-0.2, -0.15) is 0 Å². The van der Waals surface area contributed by atoms with E-state index in [0.717, 1.165) is 89.9 Å². The minimum absolute atomic E-state index is 0.0826. The first-order valence-electron chi connectivity index (χ1n) is 25.6. The normalized spacial score (nSPS) is 12.4. The number of hydrogen-bond acceptors (Lipinski definition) is 6. The molecule has 6 nitrogen and oxygen atoms in total. The summed E-state index contributed by atoms with van der Waals surface area (Å²) in [5.74, 6) is -0.903. The molecule has 6 heteroatoms. The molecule has 348 valence electrons. The molecule has 0 saturated heterocycles. The number of rotatable bonds is 46. The Hall–Kier alpha value is -2.63. The minimum Gasteiger partial charge on any atom is -0.462 e. The van der Waals surface area contributed by atoms with E-state index in [-0.39, 0.29) is 31.1 Å². The SMILES string of the molecule is CCCCC/C=C\C/C=C\CCCCCCCCCC(=O)OC[C@@H](COC(=O)CCCCCCC/C=C\CCCCC)OC(=O)CCCCCCC/C=C\CCCCCC. The third-order valence-corrected chi connectivity index (χ3v) is 11.0. The first-order chi connectivity index (χ1) is 29.5. The molecule has 0 radical (unpaired) electrons. The Kier molecular flexibility index (Phi) is 46.9. The molecule has 0 N–H and O–H groups in total. The molecule has 1 atom stereocenters. The molecule has 0 aliphatic heterocycles. The van der Waals surface area contributed by atoms with E-state index >= 15 is 0 Å². The maximum absolute atomic E-state index is 12.8. The molecule has 0 spiro atoms. The third kappa shape index (κ3) is 46.4. The maximum atomic E-state index is 12.8. The van der Waals surface area contributed by atoms with Crippen molar-refractivity contribution in [3.05, 3.63) is 48.6 Å². The van der Waals surface area contributed by atoms with Gasteiger partial charge in [0.25, 0.3) is 0 Å². The number of carbonyl (C=O) groups excluding carboxylic acids is 3. The van der Waals surface area contributed by atoms with Gasteiger partial charge in [0.2, 0.25) is 0 Å². The predicted molar refractivity (Wildman–Crippen MR) is 256 cm³/mol. The highest BCUT2D eigenvalue weighted by Crippen LogP contribution is 2.14. The summed E-state index contributed by atoms with van der Waals surface area (Å²) in [5.41, 5.74) is 0. The number of unbranched alkanes of at least 4 members (excludes halogenated alkanes) is 27. The summed E-state index contributed by atoms with van der Waals surface area (Å²) in [6.07, 6.45) is 58.0. The Morgan fingerprint density at radius 1 is 0.333 bits per heavy atom. The summed E-state index contributed by atoms with van der Waals surface area (Å²) in [7, 11) is 0. The van der Waals surface area contributed by atoms with Gasteiger partial charge in [0.1, 0.15) is 13.2 Å². The van der Waals surface area contributed by atoms with Gasteiger partial charge in [0, 0.05) is 19.3 Å². The molecule has 0 fully saturated rings. The quantitative estimate of drug-likeness (QED) is 0.0263. The molecule has 0 unspecified atom stereocenters. The lowest BCUT2D eigenvalue weighted by Gasteiger charge is -2.18. The molecule has 0 amide bonds. The second-order valence-corrected chi connectivity index (χ2v) is 17.1. The highest BCUT2D eigenvalue weighted by Gasteiger charge is 2.19. The standard InChI is InChI=1S/C54H96O6/c1-4-7-10-13-16-19-22-25-26-27-28-30-32-35-38-41-44-47-53(56)59-50-51(49-58-52(55)46-43-40-37-34-31-24-21-18-15-12-9-6-3)60-54(57)48-45-42-39-36-33-29-23-20-17-14-11-8-5-2/h16,18-21,23,25-26,51H,4-15,17,22,24,27-50H2,1-3H3/b19-16-,21-18-,23-20-,26-25-/t51-/m1/s1. The van der Waals surface area contributed by atoms with Crippen LogP contribution in [0.1, 0.15) is 258 Å². The van der Waals surface area contributed by atoms with Crippen molar-refractivity contribution in [2.45, 2.75) is 264 Å². The molecule has 0 bridgehead atoms. The molecule has 0 rings (SSSR count). The van der Waals surface area contributed by atoms with Gasteiger partial charge < -0.3 is 14.2 Å². The van der Waals surface area contributed by atoms with Crippen LogP contribution in [0.5, 0.6) is 0 Å². The minimum atomic E-state index is -0.781. The molecular formula is C54H96O6. The van der Waals surface area contributed by atoms with Gasteiger partial charge in [-0.05, 0) is 103 Å². The van der Waals surface area contributed by atoms with Gasteiger partial charge in [-0.25, -0.2) is 0 Å². The summed E-state index contributed by atoms with van der Waals surface area (Å²) in [6, 6.07) is 0. The van der Waals surface area contributed by atoms with Crippen molar-refractivity contribution < 1.29 is 28.6 Å². The lowest BCUT2D eigenvalue weighted by molar-refractivity contribution is -0.167. The molecule has 0 aromatic carbocycles. The average molecular weight is 841 g/mol. The molecule has 0 aromatic heterocycles. The fourth-order valence-electron chi connectivity index (χ4n) is 7.11. The molecule has 0 aliphatic rings. The Bertz CT molecular complexity index is 1060. The molecule has 0 heterocycles. The maximum Gasteiger partial charge on any atom is 0.306 e. The summed E-state index contributed by atoms with van der Waals surface area (Å²) < 4.78 is 16.8. The lowest BCUT2D eigenvalue weighted by atomic mass is 10.1. The van der Waals surface area contributed by atoms with Gasteiger partial charge in [-0.1, -0.05) is 185 Å². The van der Waals surface area contributed by atoms with Crippen molar-refractivity contribution in [2.24, 2.45) is 0 Å². The molecule has 0 aromatic rings. The van der Waals surface area contributed by atoms with E-state index in [4.69, 9.17) is 14.2 Å². The van der Waals surface area contributed by atoms with Crippen LogP contribution < -0.4 is 0 Å². The monoisotopic (exact) mass is 841 g/mol. The zero-order chi connectivity index (χ0) is 43.7. The Labute approximate surface area is 371 Å². The number of esters is 3. The van der Waals surface area contributed by atoms with E-state index in [1.165, 1.54) is 128 Å². The van der Waals surface area contributed by atoms with Crippen LogP contribution in [0.15, 0.2) is 48.6 Å². The summed E-state index contributed by atoms with van der Waals surface area (Å²) >= 11 is 0. The smallest absolute Gasteiger partial charge is 0.306 e. The second kappa shape index (κ2) is 49.0. The highest BCUT2D eigenvalue weighted by atomic mass is 16.6. The van der Waals surface area contributed by atoms with E-state index in [1.54, 1.807) is 0 Å². The topological polar surface area (TPSA) is 78.9 Å². The first-order valence-corrected chi connectivity index (χ1v) is 25.6. The average Bonchev–Trinajstić information content (AvgIpc) is 3.24. The first kappa shape index (κ1) is 57.4. The lowest BCUT2D eigenvalue weighted by Crippen LogP contribution is -2.30. The van der Waals surface area contributed by atoms with Gasteiger partial charge in [-0.15, -0.1) is 0 Å². The van der Waals surface area contributed by atoms with Crippen molar-refractivity contribution in [3.63, 3.8) is 0 Å². The Balaban J connectivity index is 4.38. The van der Waals surface area contributed by atoms with Crippen LogP contribution in [0, 0.1) is 0 Å². The van der Waals surface area contributed by atoms with Crippen LogP contribution >= 0.6 is 0 Å². The van der Waals surface area contributed by atoms with Crippen molar-refractivity contribution in [1.82, 2.24) is 0 Å². The fourth-order valence-corrected chi connectivity index (χ4v) is 7.11. The van der Waals surface area contributed by atoms with Crippen molar-refractivity contribution >= 4 is 17.9 Å². The molecule has 60 heavy (non-hydrogen) atoms. The van der Waals surface area contributed by atoms with Crippen LogP contribution in [-0.2, 0) is 28.6 Å². The van der Waals surface area contributed by atoms with E-state index in [2.05, 4.69) is 69.4 Å². The molecule has 0 aliphatic carbocycles. The molecular weight excluding hydrogens is 745 g/mol. The van der Waals surface area contributed by atoms with E-state index in [0.29, 0.717) is 19.3 Å². The fraction of sp³-hybridized carbons (Fsp3) is 0.796. The molecule has 0 saturated carbocycles. The van der Waals surface area contributed by atoms with Crippen molar-refractivity contribution in [2.75, 3.05) is 13.2 Å². The van der Waals surface area contributed by atoms with E-state index in [1.807, 2.05) is 0 Å². The summed E-state index contributed by atoms with van der Waals surface area (Å²) in [4.78, 5) is 37.9. The van der Waals surface area contributed by atoms with Gasteiger partial charge >= 0.3 is 17.9 Å². The van der Waals surface area contributed by atoms with Gasteiger partial charge in [0.05, 0.1) is 0 Å². The van der Waals surface area contributed by atoms with Crippen molar-refractivity contribution in [1.29, 1.82) is 0 Å².